The minimum Gasteiger partial charge on any atom is -0.366 e. The average Bonchev–Trinajstić information content (AvgIpc) is 2.44. The number of benzene rings is 1. The minimum atomic E-state index is -0.437. The summed E-state index contributed by atoms with van der Waals surface area (Å²) in [7, 11) is 0. The van der Waals surface area contributed by atoms with Crippen LogP contribution in [0.4, 0.5) is 4.79 Å². The molecule has 0 heterocycles. The van der Waals surface area contributed by atoms with Crippen molar-refractivity contribution in [1.82, 2.24) is 10.6 Å². The number of carbonyl (C=O) groups is 2. The van der Waals surface area contributed by atoms with Crippen molar-refractivity contribution in [1.29, 1.82) is 0 Å². The highest BCUT2D eigenvalue weighted by Crippen LogP contribution is 2.04. The molecule has 5 nitrogen and oxygen atoms in total. The molecular formula is C15H23N3O2. The third-order valence-electron chi connectivity index (χ3n) is 2.98. The zero-order chi connectivity index (χ0) is 14.8. The van der Waals surface area contributed by atoms with Crippen LogP contribution < -0.4 is 16.4 Å². The maximum atomic E-state index is 11.5. The Hall–Kier alpha value is -2.04. The highest BCUT2D eigenvalue weighted by Gasteiger charge is 2.02. The lowest BCUT2D eigenvalue weighted by Crippen LogP contribution is -2.37. The molecule has 5 heteroatoms. The molecule has 0 atom stereocenters. The van der Waals surface area contributed by atoms with E-state index in [1.165, 1.54) is 0 Å². The van der Waals surface area contributed by atoms with Gasteiger partial charge in [-0.3, -0.25) is 4.79 Å². The van der Waals surface area contributed by atoms with Gasteiger partial charge < -0.3 is 16.4 Å². The second-order valence-corrected chi connectivity index (χ2v) is 4.70. The fraction of sp³-hybridized carbons (Fsp3) is 0.467. The van der Waals surface area contributed by atoms with Crippen molar-refractivity contribution in [3.8, 4) is 0 Å². The van der Waals surface area contributed by atoms with Gasteiger partial charge in [-0.2, -0.15) is 0 Å². The maximum absolute atomic E-state index is 11.5. The van der Waals surface area contributed by atoms with Crippen molar-refractivity contribution in [3.05, 3.63) is 35.4 Å². The van der Waals surface area contributed by atoms with E-state index < -0.39 is 5.91 Å². The van der Waals surface area contributed by atoms with Crippen LogP contribution in [0.1, 0.15) is 42.1 Å². The molecule has 20 heavy (non-hydrogen) atoms. The summed E-state index contributed by atoms with van der Waals surface area (Å²) in [6, 6.07) is 6.99. The summed E-state index contributed by atoms with van der Waals surface area (Å²) in [5.41, 5.74) is 6.69. The average molecular weight is 277 g/mol. The second kappa shape index (κ2) is 8.96. The van der Waals surface area contributed by atoms with Crippen LogP contribution in [-0.4, -0.2) is 25.0 Å². The summed E-state index contributed by atoms with van der Waals surface area (Å²) < 4.78 is 0. The molecule has 4 N–H and O–H groups in total. The lowest BCUT2D eigenvalue weighted by atomic mass is 10.1. The van der Waals surface area contributed by atoms with Gasteiger partial charge in [-0.05, 0) is 30.5 Å². The Bertz CT molecular complexity index is 446. The van der Waals surface area contributed by atoms with Crippen LogP contribution in [-0.2, 0) is 6.42 Å². The first-order valence-electron chi connectivity index (χ1n) is 7.04. The largest absolute Gasteiger partial charge is 0.366 e. The molecule has 0 unspecified atom stereocenters. The predicted octanol–water partition coefficient (Wildman–Crippen LogP) is 1.82. The van der Waals surface area contributed by atoms with E-state index in [2.05, 4.69) is 17.6 Å². The Morgan fingerprint density at radius 3 is 2.60 bits per heavy atom. The molecule has 0 saturated heterocycles. The smallest absolute Gasteiger partial charge is 0.314 e. The third kappa shape index (κ3) is 6.22. The van der Waals surface area contributed by atoms with E-state index in [0.29, 0.717) is 25.1 Å². The fourth-order valence-electron chi connectivity index (χ4n) is 1.84. The van der Waals surface area contributed by atoms with Gasteiger partial charge in [0.05, 0.1) is 0 Å². The maximum Gasteiger partial charge on any atom is 0.314 e. The summed E-state index contributed by atoms with van der Waals surface area (Å²) in [6.07, 6.45) is 3.94. The zero-order valence-corrected chi connectivity index (χ0v) is 11.9. The number of primary amides is 1. The highest BCUT2D eigenvalue weighted by molar-refractivity contribution is 5.92. The zero-order valence-electron chi connectivity index (χ0n) is 11.9. The Morgan fingerprint density at radius 2 is 1.90 bits per heavy atom. The van der Waals surface area contributed by atoms with Crippen LogP contribution in [0, 0.1) is 0 Å². The first kappa shape index (κ1) is 16.0. The molecule has 0 spiro atoms. The predicted molar refractivity (Wildman–Crippen MR) is 79.6 cm³/mol. The number of hydrogen-bond donors (Lipinski definition) is 3. The van der Waals surface area contributed by atoms with E-state index in [4.69, 9.17) is 5.73 Å². The first-order chi connectivity index (χ1) is 9.63. The number of rotatable bonds is 8. The van der Waals surface area contributed by atoms with E-state index in [0.717, 1.165) is 24.8 Å². The monoisotopic (exact) mass is 277 g/mol. The van der Waals surface area contributed by atoms with Gasteiger partial charge in [0.2, 0.25) is 5.91 Å². The molecule has 0 aliphatic heterocycles. The number of carbonyl (C=O) groups excluding carboxylic acids is 2. The Kier molecular flexibility index (Phi) is 7.17. The normalized spacial score (nSPS) is 10.1. The van der Waals surface area contributed by atoms with Gasteiger partial charge in [-0.15, -0.1) is 0 Å². The van der Waals surface area contributed by atoms with Crippen LogP contribution in [0.3, 0.4) is 0 Å². The Labute approximate surface area is 119 Å². The topological polar surface area (TPSA) is 84.2 Å². The summed E-state index contributed by atoms with van der Waals surface area (Å²) in [5, 5.41) is 5.60. The molecule has 0 fully saturated rings. The summed E-state index contributed by atoms with van der Waals surface area (Å²) >= 11 is 0. The van der Waals surface area contributed by atoms with Gasteiger partial charge in [-0.25, -0.2) is 4.79 Å². The second-order valence-electron chi connectivity index (χ2n) is 4.70. The van der Waals surface area contributed by atoms with E-state index >= 15 is 0 Å². The van der Waals surface area contributed by atoms with E-state index in [9.17, 15) is 9.59 Å². The van der Waals surface area contributed by atoms with Crippen LogP contribution in [0.5, 0.6) is 0 Å². The molecular weight excluding hydrogens is 254 g/mol. The SMILES string of the molecule is CCCCCNC(=O)NCCc1cccc(C(N)=O)c1. The van der Waals surface area contributed by atoms with Crippen molar-refractivity contribution in [2.75, 3.05) is 13.1 Å². The first-order valence-corrected chi connectivity index (χ1v) is 7.04. The summed E-state index contributed by atoms with van der Waals surface area (Å²) in [6.45, 7) is 3.36. The van der Waals surface area contributed by atoms with Crippen LogP contribution in [0.15, 0.2) is 24.3 Å². The van der Waals surface area contributed by atoms with E-state index in [1.54, 1.807) is 18.2 Å². The number of hydrogen-bond acceptors (Lipinski definition) is 2. The van der Waals surface area contributed by atoms with Crippen LogP contribution in [0.25, 0.3) is 0 Å². The molecule has 1 aromatic carbocycles. The highest BCUT2D eigenvalue weighted by atomic mass is 16.2. The van der Waals surface area contributed by atoms with Crippen molar-refractivity contribution < 1.29 is 9.59 Å². The Balaban J connectivity index is 2.25. The molecule has 0 aliphatic carbocycles. The van der Waals surface area contributed by atoms with Gasteiger partial charge in [0.1, 0.15) is 0 Å². The Morgan fingerprint density at radius 1 is 1.15 bits per heavy atom. The quantitative estimate of drug-likeness (QED) is 0.633. The van der Waals surface area contributed by atoms with Gasteiger partial charge in [0, 0.05) is 18.7 Å². The minimum absolute atomic E-state index is 0.146. The molecule has 1 aromatic rings. The summed E-state index contributed by atoms with van der Waals surface area (Å²) in [5.74, 6) is -0.437. The number of amides is 3. The van der Waals surface area contributed by atoms with Gasteiger partial charge in [0.25, 0.3) is 0 Å². The van der Waals surface area contributed by atoms with Crippen LogP contribution in [0.2, 0.25) is 0 Å². The summed E-state index contributed by atoms with van der Waals surface area (Å²) in [4.78, 5) is 22.5. The molecule has 0 saturated carbocycles. The number of urea groups is 1. The lowest BCUT2D eigenvalue weighted by molar-refractivity contribution is 0.1000. The number of unbranched alkanes of at least 4 members (excludes halogenated alkanes) is 2. The molecule has 0 aliphatic rings. The molecule has 0 radical (unpaired) electrons. The van der Waals surface area contributed by atoms with Crippen molar-refractivity contribution >= 4 is 11.9 Å². The molecule has 3 amide bonds. The number of nitrogens with one attached hydrogen (secondary N) is 2. The van der Waals surface area contributed by atoms with Crippen molar-refractivity contribution in [2.24, 2.45) is 5.73 Å². The van der Waals surface area contributed by atoms with Crippen LogP contribution >= 0.6 is 0 Å². The molecule has 0 aromatic heterocycles. The third-order valence-corrected chi connectivity index (χ3v) is 2.98. The van der Waals surface area contributed by atoms with Gasteiger partial charge >= 0.3 is 6.03 Å². The fourth-order valence-corrected chi connectivity index (χ4v) is 1.84. The standard InChI is InChI=1S/C15H23N3O2/c1-2-3-4-9-17-15(20)18-10-8-12-6-5-7-13(11-12)14(16)19/h5-7,11H,2-4,8-10H2,1H3,(H2,16,19)(H2,17,18,20). The van der Waals surface area contributed by atoms with E-state index in [1.807, 2.05) is 6.07 Å². The van der Waals surface area contributed by atoms with Crippen molar-refractivity contribution in [2.45, 2.75) is 32.6 Å². The molecule has 110 valence electrons. The molecule has 1 rings (SSSR count). The molecule has 0 bridgehead atoms. The van der Waals surface area contributed by atoms with Gasteiger partial charge in [-0.1, -0.05) is 31.9 Å². The van der Waals surface area contributed by atoms with E-state index in [-0.39, 0.29) is 6.03 Å². The number of nitrogens with two attached hydrogens (primary N) is 1. The van der Waals surface area contributed by atoms with Gasteiger partial charge in [0.15, 0.2) is 0 Å². The van der Waals surface area contributed by atoms with Crippen molar-refractivity contribution in [3.63, 3.8) is 0 Å². The lowest BCUT2D eigenvalue weighted by Gasteiger charge is -2.07.